The molecule has 1 fully saturated rings. The molecule has 4 N–H and O–H groups in total. The predicted octanol–water partition coefficient (Wildman–Crippen LogP) is 2.87. The van der Waals surface area contributed by atoms with Crippen LogP contribution in [0.2, 0.25) is 0 Å². The maximum absolute atomic E-state index is 12.3. The predicted molar refractivity (Wildman–Crippen MR) is 116 cm³/mol. The number of hydrogen-bond acceptors (Lipinski definition) is 4. The highest BCUT2D eigenvalue weighted by atomic mass is 35.5. The number of carbonyl (C=O) groups is 2. The van der Waals surface area contributed by atoms with Gasteiger partial charge in [0.25, 0.3) is 5.91 Å². The third kappa shape index (κ3) is 4.75. The molecule has 7 nitrogen and oxygen atoms in total. The summed E-state index contributed by atoms with van der Waals surface area (Å²) in [6.45, 7) is 1.95. The molecule has 0 radical (unpaired) electrons. The maximum Gasteiger partial charge on any atom is 0.250 e. The molecule has 2 amide bonds. The van der Waals surface area contributed by atoms with Gasteiger partial charge in [0, 0.05) is 23.7 Å². The van der Waals surface area contributed by atoms with Gasteiger partial charge in [-0.25, -0.2) is 4.68 Å². The molecule has 1 aromatic heterocycles. The van der Waals surface area contributed by atoms with Crippen LogP contribution in [0.5, 0.6) is 0 Å². The lowest BCUT2D eigenvalue weighted by Gasteiger charge is -2.22. The number of aromatic nitrogens is 2. The lowest BCUT2D eigenvalue weighted by atomic mass is 9.96. The minimum atomic E-state index is -0.498. The second-order valence-corrected chi connectivity index (χ2v) is 7.19. The van der Waals surface area contributed by atoms with Crippen molar-refractivity contribution in [1.82, 2.24) is 15.1 Å². The van der Waals surface area contributed by atoms with E-state index in [1.807, 2.05) is 36.5 Å². The fourth-order valence-electron chi connectivity index (χ4n) is 3.65. The Hall–Kier alpha value is -2.90. The third-order valence-electron chi connectivity index (χ3n) is 5.09. The summed E-state index contributed by atoms with van der Waals surface area (Å²) in [6.07, 6.45) is 4.61. The Kier molecular flexibility index (Phi) is 6.51. The molecule has 1 aliphatic heterocycles. The molecule has 152 valence electrons. The summed E-state index contributed by atoms with van der Waals surface area (Å²) in [5.41, 5.74) is 8.00. The van der Waals surface area contributed by atoms with E-state index in [-0.39, 0.29) is 18.3 Å². The summed E-state index contributed by atoms with van der Waals surface area (Å²) in [4.78, 5) is 23.8. The van der Waals surface area contributed by atoms with Gasteiger partial charge in [0.05, 0.1) is 11.3 Å². The quantitative estimate of drug-likeness (QED) is 0.598. The largest absolute Gasteiger partial charge is 0.366 e. The van der Waals surface area contributed by atoms with Gasteiger partial charge in [0.15, 0.2) is 0 Å². The average Bonchev–Trinajstić information content (AvgIpc) is 3.13. The van der Waals surface area contributed by atoms with E-state index >= 15 is 0 Å². The number of benzene rings is 2. The monoisotopic (exact) mass is 413 g/mol. The van der Waals surface area contributed by atoms with Crippen molar-refractivity contribution in [2.45, 2.75) is 19.3 Å². The van der Waals surface area contributed by atoms with Crippen molar-refractivity contribution in [3.63, 3.8) is 0 Å². The van der Waals surface area contributed by atoms with Crippen LogP contribution in [0.25, 0.3) is 16.6 Å². The van der Waals surface area contributed by atoms with E-state index < -0.39 is 5.91 Å². The fraction of sp³-hybridized carbons (Fsp3) is 0.286. The van der Waals surface area contributed by atoms with E-state index in [1.165, 1.54) is 0 Å². The number of piperidine rings is 1. The molecule has 0 unspecified atom stereocenters. The summed E-state index contributed by atoms with van der Waals surface area (Å²) in [6, 6.07) is 12.8. The van der Waals surface area contributed by atoms with E-state index in [2.05, 4.69) is 15.7 Å². The van der Waals surface area contributed by atoms with Gasteiger partial charge in [-0.2, -0.15) is 5.10 Å². The molecule has 0 spiro atoms. The fourth-order valence-corrected chi connectivity index (χ4v) is 3.65. The topological polar surface area (TPSA) is 102 Å². The summed E-state index contributed by atoms with van der Waals surface area (Å²) in [5.74, 6) is -0.0524. The number of hydrogen-bond donors (Lipinski definition) is 3. The number of halogens is 1. The van der Waals surface area contributed by atoms with Gasteiger partial charge < -0.3 is 16.4 Å². The number of fused-ring (bicyclic) bond motifs is 1. The number of nitrogens with two attached hydrogens (primary N) is 1. The van der Waals surface area contributed by atoms with Crippen molar-refractivity contribution in [1.29, 1.82) is 0 Å². The zero-order valence-corrected chi connectivity index (χ0v) is 16.7. The van der Waals surface area contributed by atoms with E-state index in [0.717, 1.165) is 42.7 Å². The molecular weight excluding hydrogens is 390 g/mol. The molecular formula is C21H24ClN5O2. The average molecular weight is 414 g/mol. The van der Waals surface area contributed by atoms with Crippen LogP contribution in [-0.4, -0.2) is 34.7 Å². The Morgan fingerprint density at radius 1 is 1.21 bits per heavy atom. The molecule has 1 saturated heterocycles. The van der Waals surface area contributed by atoms with E-state index in [4.69, 9.17) is 5.73 Å². The lowest BCUT2D eigenvalue weighted by molar-refractivity contribution is -0.117. The van der Waals surface area contributed by atoms with E-state index in [9.17, 15) is 9.59 Å². The summed E-state index contributed by atoms with van der Waals surface area (Å²) in [5, 5.41) is 11.6. The smallest absolute Gasteiger partial charge is 0.250 e. The van der Waals surface area contributed by atoms with Crippen LogP contribution < -0.4 is 16.4 Å². The molecule has 1 atom stereocenters. The first-order valence-corrected chi connectivity index (χ1v) is 9.49. The SMILES string of the molecule is Cl.NC(=O)c1cccc2cn(-c3ccc(NC(=O)C[C@@H]4CCCNC4)cc3)nc12. The third-order valence-corrected chi connectivity index (χ3v) is 5.09. The second-order valence-electron chi connectivity index (χ2n) is 7.19. The Morgan fingerprint density at radius 3 is 2.69 bits per heavy atom. The van der Waals surface area contributed by atoms with Crippen LogP contribution in [0, 0.1) is 5.92 Å². The first-order valence-electron chi connectivity index (χ1n) is 9.49. The Balaban J connectivity index is 0.00000240. The van der Waals surface area contributed by atoms with Gasteiger partial charge in [0.2, 0.25) is 5.91 Å². The molecule has 0 bridgehead atoms. The van der Waals surface area contributed by atoms with Gasteiger partial charge in [-0.15, -0.1) is 12.4 Å². The van der Waals surface area contributed by atoms with Crippen LogP contribution >= 0.6 is 12.4 Å². The van der Waals surface area contributed by atoms with Crippen LogP contribution in [-0.2, 0) is 4.79 Å². The number of carbonyl (C=O) groups excluding carboxylic acids is 2. The molecule has 0 aliphatic carbocycles. The molecule has 2 heterocycles. The van der Waals surface area contributed by atoms with Gasteiger partial charge >= 0.3 is 0 Å². The normalized spacial score (nSPS) is 16.2. The van der Waals surface area contributed by atoms with Gasteiger partial charge in [-0.3, -0.25) is 9.59 Å². The van der Waals surface area contributed by atoms with Gasteiger partial charge in [-0.05, 0) is 62.2 Å². The summed E-state index contributed by atoms with van der Waals surface area (Å²) < 4.78 is 1.70. The number of primary amides is 1. The Bertz CT molecular complexity index is 1010. The van der Waals surface area contributed by atoms with Crippen molar-refractivity contribution in [3.8, 4) is 5.69 Å². The minimum absolute atomic E-state index is 0. The number of anilines is 1. The van der Waals surface area contributed by atoms with Crippen molar-refractivity contribution < 1.29 is 9.59 Å². The van der Waals surface area contributed by atoms with Crippen LogP contribution in [0.1, 0.15) is 29.6 Å². The highest BCUT2D eigenvalue weighted by molar-refractivity contribution is 6.04. The minimum Gasteiger partial charge on any atom is -0.366 e. The van der Waals surface area contributed by atoms with Crippen molar-refractivity contribution >= 4 is 40.8 Å². The molecule has 2 aromatic carbocycles. The van der Waals surface area contributed by atoms with Gasteiger partial charge in [0.1, 0.15) is 5.52 Å². The van der Waals surface area contributed by atoms with Crippen LogP contribution in [0.3, 0.4) is 0 Å². The highest BCUT2D eigenvalue weighted by Crippen LogP contribution is 2.21. The molecule has 8 heteroatoms. The number of nitrogens with zero attached hydrogens (tertiary/aromatic N) is 2. The first kappa shape index (κ1) is 20.8. The lowest BCUT2D eigenvalue weighted by Crippen LogP contribution is -2.32. The molecule has 29 heavy (non-hydrogen) atoms. The van der Waals surface area contributed by atoms with E-state index in [1.54, 1.807) is 16.8 Å². The van der Waals surface area contributed by atoms with Crippen molar-refractivity contribution in [2.75, 3.05) is 18.4 Å². The van der Waals surface area contributed by atoms with Gasteiger partial charge in [-0.1, -0.05) is 12.1 Å². The molecule has 3 aromatic rings. The van der Waals surface area contributed by atoms with E-state index in [0.29, 0.717) is 23.4 Å². The summed E-state index contributed by atoms with van der Waals surface area (Å²) in [7, 11) is 0. The van der Waals surface area contributed by atoms with Crippen molar-refractivity contribution in [3.05, 3.63) is 54.2 Å². The number of nitrogens with one attached hydrogen (secondary N) is 2. The standard InChI is InChI=1S/C21H23N5O2.ClH/c22-21(28)18-5-1-4-15-13-26(25-20(15)18)17-8-6-16(7-9-17)24-19(27)11-14-3-2-10-23-12-14;/h1,4-9,13-14,23H,2-3,10-12H2,(H2,22,28)(H,24,27);1H/t14-;/m0./s1. The molecule has 4 rings (SSSR count). The second kappa shape index (κ2) is 9.07. The van der Waals surface area contributed by atoms with Crippen molar-refractivity contribution in [2.24, 2.45) is 11.7 Å². The Morgan fingerprint density at radius 2 is 2.00 bits per heavy atom. The number of rotatable bonds is 5. The zero-order chi connectivity index (χ0) is 19.5. The number of amides is 2. The maximum atomic E-state index is 12.3. The first-order chi connectivity index (χ1) is 13.6. The zero-order valence-electron chi connectivity index (χ0n) is 15.9. The Labute approximate surface area is 175 Å². The summed E-state index contributed by atoms with van der Waals surface area (Å²) >= 11 is 0. The van der Waals surface area contributed by atoms with Crippen LogP contribution in [0.4, 0.5) is 5.69 Å². The molecule has 1 aliphatic rings. The highest BCUT2D eigenvalue weighted by Gasteiger charge is 2.17. The molecule has 0 saturated carbocycles. The van der Waals surface area contributed by atoms with Crippen LogP contribution in [0.15, 0.2) is 48.7 Å².